The van der Waals surface area contributed by atoms with Gasteiger partial charge in [0.1, 0.15) is 0 Å². The summed E-state index contributed by atoms with van der Waals surface area (Å²) in [6.07, 6.45) is 11.6. The van der Waals surface area contributed by atoms with E-state index in [4.69, 9.17) is 0 Å². The van der Waals surface area contributed by atoms with Crippen molar-refractivity contribution >= 4 is 21.8 Å². The third-order valence-electron chi connectivity index (χ3n) is 2.42. The minimum absolute atomic E-state index is 0.141. The Morgan fingerprint density at radius 1 is 0.571 bits per heavy atom. The normalized spacial score (nSPS) is 22.9. The van der Waals surface area contributed by atoms with Gasteiger partial charge in [-0.25, -0.2) is 21.8 Å². The van der Waals surface area contributed by atoms with Crippen LogP contribution < -0.4 is 0 Å². The molecule has 0 saturated carbocycles. The van der Waals surface area contributed by atoms with E-state index in [0.717, 1.165) is 0 Å². The molecule has 2 rings (SSSR count). The van der Waals surface area contributed by atoms with E-state index in [-0.39, 0.29) is 21.8 Å². The fourth-order valence-corrected chi connectivity index (χ4v) is 4.88. The highest BCUT2D eigenvalue weighted by Crippen LogP contribution is 2.36. The Morgan fingerprint density at radius 2 is 0.929 bits per heavy atom. The summed E-state index contributed by atoms with van der Waals surface area (Å²) in [6.45, 7) is 0. The number of rotatable bonds is 5. The Balaban J connectivity index is 1.55. The van der Waals surface area contributed by atoms with Gasteiger partial charge in [0.2, 0.25) is 0 Å². The van der Waals surface area contributed by atoms with Gasteiger partial charge in [-0.2, -0.15) is 0 Å². The predicted molar refractivity (Wildman–Crippen MR) is 73.5 cm³/mol. The second-order valence-electron chi connectivity index (χ2n) is 3.55. The number of hydrogen-bond acceptors (Lipinski definition) is 0. The first-order valence-electron chi connectivity index (χ1n) is 5.17. The van der Waals surface area contributed by atoms with Crippen LogP contribution in [0.3, 0.4) is 0 Å². The summed E-state index contributed by atoms with van der Waals surface area (Å²) in [5, 5.41) is 9.48. The van der Waals surface area contributed by atoms with Gasteiger partial charge in [0, 0.05) is 0 Å². The van der Waals surface area contributed by atoms with Crippen LogP contribution in [0, 0.1) is 0 Å². The lowest BCUT2D eigenvalue weighted by atomic mass is 10.4. The summed E-state index contributed by atoms with van der Waals surface area (Å²) in [7, 11) is 0.282. The summed E-state index contributed by atoms with van der Waals surface area (Å²) >= 11 is 0. The standard InChI is InChI=1S/C12H18S2/c1-2-8-13(7-1)11-5-6-12-14-9-3-4-10-14/h1-4,7-10,13-14H,5-6,11-12H2. The maximum atomic E-state index is 2.37. The topological polar surface area (TPSA) is 0 Å². The minimum Gasteiger partial charge on any atom is -0.213 e. The van der Waals surface area contributed by atoms with Crippen molar-refractivity contribution in [2.24, 2.45) is 0 Å². The smallest absolute Gasteiger partial charge is 0.0185 e. The lowest BCUT2D eigenvalue weighted by Gasteiger charge is -2.12. The van der Waals surface area contributed by atoms with Crippen LogP contribution in [0.5, 0.6) is 0 Å². The van der Waals surface area contributed by atoms with Gasteiger partial charge in [-0.15, -0.1) is 0 Å². The number of allylic oxidation sites excluding steroid dienone is 4. The van der Waals surface area contributed by atoms with Crippen molar-refractivity contribution < 1.29 is 0 Å². The molecule has 0 saturated heterocycles. The Labute approximate surface area is 92.2 Å². The lowest BCUT2D eigenvalue weighted by molar-refractivity contribution is 0.907. The maximum absolute atomic E-state index is 2.37. The third kappa shape index (κ3) is 3.10. The molecule has 0 nitrogen and oxygen atoms in total. The molecule has 0 N–H and O–H groups in total. The molecule has 78 valence electrons. The molecule has 0 spiro atoms. The first-order chi connectivity index (χ1) is 6.95. The fraction of sp³-hybridized carbons (Fsp3) is 0.333. The quantitative estimate of drug-likeness (QED) is 0.516. The van der Waals surface area contributed by atoms with Crippen molar-refractivity contribution in [3.05, 3.63) is 45.9 Å². The molecule has 0 aromatic heterocycles. The molecule has 0 aliphatic carbocycles. The molecule has 2 heteroatoms. The molecule has 0 atom stereocenters. The maximum Gasteiger partial charge on any atom is -0.0185 e. The molecule has 2 aliphatic rings. The number of hydrogen-bond donors (Lipinski definition) is 2. The monoisotopic (exact) mass is 226 g/mol. The van der Waals surface area contributed by atoms with E-state index in [9.17, 15) is 0 Å². The molecular formula is C12H18S2. The van der Waals surface area contributed by atoms with Gasteiger partial charge in [0.25, 0.3) is 0 Å². The second-order valence-corrected chi connectivity index (χ2v) is 7.69. The van der Waals surface area contributed by atoms with Crippen LogP contribution in [0.4, 0.5) is 0 Å². The minimum atomic E-state index is 0.141. The first-order valence-corrected chi connectivity index (χ1v) is 8.50. The molecule has 0 amide bonds. The molecule has 0 unspecified atom stereocenters. The van der Waals surface area contributed by atoms with Gasteiger partial charge in [-0.05, 0) is 46.0 Å². The van der Waals surface area contributed by atoms with Crippen molar-refractivity contribution in [2.45, 2.75) is 12.8 Å². The van der Waals surface area contributed by atoms with Crippen LogP contribution in [0.1, 0.15) is 12.8 Å². The molecular weight excluding hydrogens is 208 g/mol. The zero-order valence-corrected chi connectivity index (χ0v) is 10.1. The predicted octanol–water partition coefficient (Wildman–Crippen LogP) is 3.85. The van der Waals surface area contributed by atoms with Crippen LogP contribution in [0.15, 0.2) is 45.9 Å². The van der Waals surface area contributed by atoms with Gasteiger partial charge in [-0.3, -0.25) is 0 Å². The Bertz CT molecular complexity index is 233. The van der Waals surface area contributed by atoms with E-state index in [2.05, 4.69) is 45.9 Å². The zero-order valence-electron chi connectivity index (χ0n) is 8.34. The van der Waals surface area contributed by atoms with Crippen molar-refractivity contribution in [3.63, 3.8) is 0 Å². The second kappa shape index (κ2) is 5.52. The highest BCUT2D eigenvalue weighted by molar-refractivity contribution is 8.22. The van der Waals surface area contributed by atoms with E-state index in [1.165, 1.54) is 24.3 Å². The van der Waals surface area contributed by atoms with Gasteiger partial charge in [0.15, 0.2) is 0 Å². The van der Waals surface area contributed by atoms with Gasteiger partial charge in [-0.1, -0.05) is 24.3 Å². The van der Waals surface area contributed by atoms with Crippen molar-refractivity contribution in [1.29, 1.82) is 0 Å². The highest BCUT2D eigenvalue weighted by atomic mass is 32.2. The average molecular weight is 226 g/mol. The highest BCUT2D eigenvalue weighted by Gasteiger charge is 2.01. The Kier molecular flexibility index (Phi) is 4.02. The van der Waals surface area contributed by atoms with Crippen molar-refractivity contribution in [2.75, 3.05) is 11.5 Å². The zero-order chi connectivity index (χ0) is 9.64. The number of thiol groups is 2. The van der Waals surface area contributed by atoms with Gasteiger partial charge < -0.3 is 0 Å². The summed E-state index contributed by atoms with van der Waals surface area (Å²) in [4.78, 5) is 0. The van der Waals surface area contributed by atoms with Crippen LogP contribution in [0.25, 0.3) is 0 Å². The summed E-state index contributed by atoms with van der Waals surface area (Å²) in [5.41, 5.74) is 0. The Hall–Kier alpha value is -0.340. The Morgan fingerprint density at radius 3 is 1.29 bits per heavy atom. The molecule has 0 aromatic rings. The number of unbranched alkanes of at least 4 members (excludes halogenated alkanes) is 1. The molecule has 14 heavy (non-hydrogen) atoms. The van der Waals surface area contributed by atoms with Crippen LogP contribution in [-0.4, -0.2) is 11.5 Å². The third-order valence-corrected chi connectivity index (χ3v) is 6.30. The van der Waals surface area contributed by atoms with Crippen molar-refractivity contribution in [1.82, 2.24) is 0 Å². The van der Waals surface area contributed by atoms with Crippen LogP contribution in [-0.2, 0) is 0 Å². The fourth-order valence-electron chi connectivity index (χ4n) is 1.63. The van der Waals surface area contributed by atoms with E-state index in [1.54, 1.807) is 0 Å². The summed E-state index contributed by atoms with van der Waals surface area (Å²) in [5.74, 6) is 2.80. The van der Waals surface area contributed by atoms with Crippen LogP contribution in [0.2, 0.25) is 0 Å². The van der Waals surface area contributed by atoms with E-state index in [0.29, 0.717) is 0 Å². The summed E-state index contributed by atoms with van der Waals surface area (Å²) < 4.78 is 0. The molecule has 0 bridgehead atoms. The van der Waals surface area contributed by atoms with E-state index >= 15 is 0 Å². The van der Waals surface area contributed by atoms with Gasteiger partial charge >= 0.3 is 0 Å². The van der Waals surface area contributed by atoms with Gasteiger partial charge in [0.05, 0.1) is 0 Å². The van der Waals surface area contributed by atoms with Crippen molar-refractivity contribution in [3.8, 4) is 0 Å². The first kappa shape index (κ1) is 10.2. The SMILES string of the molecule is C1=C[SH](CCCC[SH]2C=CC=C2)C=C1. The van der Waals surface area contributed by atoms with E-state index < -0.39 is 0 Å². The molecule has 0 radical (unpaired) electrons. The average Bonchev–Trinajstić information content (AvgIpc) is 2.86. The molecule has 2 heterocycles. The molecule has 2 aliphatic heterocycles. The largest absolute Gasteiger partial charge is 0.213 e. The summed E-state index contributed by atoms with van der Waals surface area (Å²) in [6, 6.07) is 0. The van der Waals surface area contributed by atoms with E-state index in [1.807, 2.05) is 0 Å². The lowest BCUT2D eigenvalue weighted by Crippen LogP contribution is -1.87. The van der Waals surface area contributed by atoms with Crippen LogP contribution >= 0.6 is 21.8 Å². The molecule has 0 aromatic carbocycles. The molecule has 0 fully saturated rings.